The molecule has 1 aromatic rings. The highest BCUT2D eigenvalue weighted by Crippen LogP contribution is 2.31. The quantitative estimate of drug-likeness (QED) is 0.772. The number of methoxy groups -OCH3 is 1. The summed E-state index contributed by atoms with van der Waals surface area (Å²) in [5.74, 6) is 0.642. The van der Waals surface area contributed by atoms with E-state index < -0.39 is 0 Å². The zero-order valence-electron chi connectivity index (χ0n) is 11.8. The maximum atomic E-state index is 11.9. The first-order chi connectivity index (χ1) is 10.2. The Hall–Kier alpha value is -2.24. The third-order valence-electron chi connectivity index (χ3n) is 3.74. The summed E-state index contributed by atoms with van der Waals surface area (Å²) in [7, 11) is 1.34. The molecule has 2 heterocycles. The van der Waals surface area contributed by atoms with E-state index in [1.807, 2.05) is 24.3 Å². The van der Waals surface area contributed by atoms with E-state index in [0.717, 1.165) is 0 Å². The minimum absolute atomic E-state index is 0.0483. The van der Waals surface area contributed by atoms with Crippen LogP contribution in [-0.2, 0) is 14.3 Å². The number of amides is 1. The van der Waals surface area contributed by atoms with E-state index in [1.165, 1.54) is 7.11 Å². The molecule has 3 rings (SSSR count). The van der Waals surface area contributed by atoms with E-state index in [1.54, 1.807) is 4.90 Å². The van der Waals surface area contributed by atoms with Crippen molar-refractivity contribution in [3.8, 4) is 11.5 Å². The molecule has 1 aromatic carbocycles. The molecule has 0 saturated carbocycles. The lowest BCUT2D eigenvalue weighted by Crippen LogP contribution is -2.41. The third kappa shape index (κ3) is 2.79. The second-order valence-electron chi connectivity index (χ2n) is 5.22. The standard InChI is InChI=1S/C15H17NO5/c1-19-15(18)10-6-14(17)16(7-10)8-11-9-20-12-4-2-3-5-13(12)21-11/h2-5,10-11H,6-9H2,1H3. The summed E-state index contributed by atoms with van der Waals surface area (Å²) in [5, 5.41) is 0. The fourth-order valence-corrected chi connectivity index (χ4v) is 2.67. The summed E-state index contributed by atoms with van der Waals surface area (Å²) in [6.45, 7) is 1.19. The highest BCUT2D eigenvalue weighted by molar-refractivity contribution is 5.86. The minimum atomic E-state index is -0.376. The molecule has 0 aliphatic carbocycles. The normalized spacial score (nSPS) is 24.0. The van der Waals surface area contributed by atoms with Crippen molar-refractivity contribution >= 4 is 11.9 Å². The molecule has 6 heteroatoms. The van der Waals surface area contributed by atoms with Crippen LogP contribution in [0.5, 0.6) is 11.5 Å². The Labute approximate surface area is 122 Å². The molecule has 1 amide bonds. The van der Waals surface area contributed by atoms with Crippen LogP contribution < -0.4 is 9.47 Å². The number of hydrogen-bond acceptors (Lipinski definition) is 5. The van der Waals surface area contributed by atoms with Crippen LogP contribution in [0.15, 0.2) is 24.3 Å². The monoisotopic (exact) mass is 291 g/mol. The number of nitrogens with zero attached hydrogens (tertiary/aromatic N) is 1. The van der Waals surface area contributed by atoms with Gasteiger partial charge in [-0.1, -0.05) is 12.1 Å². The van der Waals surface area contributed by atoms with E-state index >= 15 is 0 Å². The number of fused-ring (bicyclic) bond motifs is 1. The topological polar surface area (TPSA) is 65.1 Å². The second kappa shape index (κ2) is 5.63. The summed E-state index contributed by atoms with van der Waals surface area (Å²) in [6.07, 6.45) is -0.0168. The number of likely N-dealkylation sites (tertiary alicyclic amines) is 1. The molecule has 0 spiro atoms. The first-order valence-corrected chi connectivity index (χ1v) is 6.91. The van der Waals surface area contributed by atoms with Crippen molar-refractivity contribution < 1.29 is 23.8 Å². The number of carbonyl (C=O) groups is 2. The van der Waals surface area contributed by atoms with Crippen LogP contribution in [0, 0.1) is 5.92 Å². The third-order valence-corrected chi connectivity index (χ3v) is 3.74. The van der Waals surface area contributed by atoms with Crippen molar-refractivity contribution in [2.75, 3.05) is 26.8 Å². The smallest absolute Gasteiger partial charge is 0.310 e. The van der Waals surface area contributed by atoms with Crippen LogP contribution in [0.4, 0.5) is 0 Å². The predicted octanol–water partition coefficient (Wildman–Crippen LogP) is 0.848. The Morgan fingerprint density at radius 2 is 2.14 bits per heavy atom. The van der Waals surface area contributed by atoms with Gasteiger partial charge in [-0.15, -0.1) is 0 Å². The number of rotatable bonds is 3. The van der Waals surface area contributed by atoms with Crippen molar-refractivity contribution in [2.24, 2.45) is 5.92 Å². The number of carbonyl (C=O) groups excluding carboxylic acids is 2. The van der Waals surface area contributed by atoms with Gasteiger partial charge in [-0.05, 0) is 12.1 Å². The van der Waals surface area contributed by atoms with Gasteiger partial charge in [-0.25, -0.2) is 0 Å². The largest absolute Gasteiger partial charge is 0.486 e. The average Bonchev–Trinajstić information content (AvgIpc) is 2.87. The van der Waals surface area contributed by atoms with Gasteiger partial charge in [0, 0.05) is 13.0 Å². The molecular formula is C15H17NO5. The fourth-order valence-electron chi connectivity index (χ4n) is 2.67. The van der Waals surface area contributed by atoms with Crippen molar-refractivity contribution in [3.63, 3.8) is 0 Å². The van der Waals surface area contributed by atoms with Crippen molar-refractivity contribution in [1.82, 2.24) is 4.90 Å². The Bertz CT molecular complexity index is 559. The lowest BCUT2D eigenvalue weighted by Gasteiger charge is -2.29. The lowest BCUT2D eigenvalue weighted by atomic mass is 10.1. The zero-order chi connectivity index (χ0) is 14.8. The Balaban J connectivity index is 1.61. The maximum absolute atomic E-state index is 11.9. The second-order valence-corrected chi connectivity index (χ2v) is 5.22. The van der Waals surface area contributed by atoms with Crippen molar-refractivity contribution in [1.29, 1.82) is 0 Å². The highest BCUT2D eigenvalue weighted by atomic mass is 16.6. The molecule has 1 fully saturated rings. The zero-order valence-corrected chi connectivity index (χ0v) is 11.8. The molecule has 2 aliphatic heterocycles. The van der Waals surface area contributed by atoms with E-state index in [-0.39, 0.29) is 30.3 Å². The molecule has 21 heavy (non-hydrogen) atoms. The average molecular weight is 291 g/mol. The van der Waals surface area contributed by atoms with E-state index in [0.29, 0.717) is 31.2 Å². The van der Waals surface area contributed by atoms with E-state index in [9.17, 15) is 9.59 Å². The molecule has 0 N–H and O–H groups in total. The number of para-hydroxylation sites is 2. The van der Waals surface area contributed by atoms with Crippen molar-refractivity contribution in [2.45, 2.75) is 12.5 Å². The summed E-state index contributed by atoms with van der Waals surface area (Å²) in [6, 6.07) is 7.44. The van der Waals surface area contributed by atoms with Gasteiger partial charge in [0.25, 0.3) is 0 Å². The fraction of sp³-hybridized carbons (Fsp3) is 0.467. The van der Waals surface area contributed by atoms with E-state index in [4.69, 9.17) is 14.2 Å². The van der Waals surface area contributed by atoms with Crippen LogP contribution >= 0.6 is 0 Å². The number of benzene rings is 1. The van der Waals surface area contributed by atoms with Gasteiger partial charge >= 0.3 is 5.97 Å². The number of hydrogen-bond donors (Lipinski definition) is 0. The first-order valence-electron chi connectivity index (χ1n) is 6.91. The van der Waals surface area contributed by atoms with Gasteiger partial charge in [-0.2, -0.15) is 0 Å². The van der Waals surface area contributed by atoms with Crippen LogP contribution in [0.25, 0.3) is 0 Å². The molecule has 0 aromatic heterocycles. The predicted molar refractivity (Wildman–Crippen MR) is 73.1 cm³/mol. The van der Waals surface area contributed by atoms with Gasteiger partial charge in [0.15, 0.2) is 17.6 Å². The Kier molecular flexibility index (Phi) is 3.68. The summed E-state index contributed by atoms with van der Waals surface area (Å²) in [4.78, 5) is 25.1. The van der Waals surface area contributed by atoms with Crippen LogP contribution in [-0.4, -0.2) is 49.7 Å². The molecule has 2 aliphatic rings. The number of esters is 1. The van der Waals surface area contributed by atoms with Crippen LogP contribution in [0.3, 0.4) is 0 Å². The van der Waals surface area contributed by atoms with Gasteiger partial charge in [-0.3, -0.25) is 9.59 Å². The van der Waals surface area contributed by atoms with Gasteiger partial charge < -0.3 is 19.1 Å². The van der Waals surface area contributed by atoms with Crippen molar-refractivity contribution in [3.05, 3.63) is 24.3 Å². The summed E-state index contributed by atoms with van der Waals surface area (Å²) >= 11 is 0. The van der Waals surface area contributed by atoms with Gasteiger partial charge in [0.05, 0.1) is 19.6 Å². The Morgan fingerprint density at radius 3 is 2.90 bits per heavy atom. The molecule has 2 atom stereocenters. The maximum Gasteiger partial charge on any atom is 0.310 e. The molecule has 6 nitrogen and oxygen atoms in total. The first kappa shape index (κ1) is 13.7. The molecule has 2 unspecified atom stereocenters. The lowest BCUT2D eigenvalue weighted by molar-refractivity contribution is -0.145. The van der Waals surface area contributed by atoms with E-state index in [2.05, 4.69) is 0 Å². The molecule has 112 valence electrons. The van der Waals surface area contributed by atoms with Gasteiger partial charge in [0.2, 0.25) is 5.91 Å². The van der Waals surface area contributed by atoms with Crippen LogP contribution in [0.1, 0.15) is 6.42 Å². The summed E-state index contributed by atoms with van der Waals surface area (Å²) < 4.78 is 16.1. The molecular weight excluding hydrogens is 274 g/mol. The Morgan fingerprint density at radius 1 is 1.38 bits per heavy atom. The van der Waals surface area contributed by atoms with Crippen LogP contribution in [0.2, 0.25) is 0 Å². The summed E-state index contributed by atoms with van der Waals surface area (Å²) in [5.41, 5.74) is 0. The molecule has 1 saturated heterocycles. The highest BCUT2D eigenvalue weighted by Gasteiger charge is 2.37. The number of ether oxygens (including phenoxy) is 3. The molecule has 0 radical (unpaired) electrons. The van der Waals surface area contributed by atoms with Gasteiger partial charge in [0.1, 0.15) is 6.61 Å². The minimum Gasteiger partial charge on any atom is -0.486 e. The SMILES string of the molecule is COC(=O)C1CC(=O)N(CC2COc3ccccc3O2)C1. The molecule has 0 bridgehead atoms.